The van der Waals surface area contributed by atoms with E-state index in [1.165, 1.54) is 7.11 Å². The van der Waals surface area contributed by atoms with Crippen molar-refractivity contribution in [2.75, 3.05) is 13.7 Å². The van der Waals surface area contributed by atoms with Crippen LogP contribution in [0.15, 0.2) is 17.2 Å². The molecule has 1 fully saturated rings. The molecule has 0 unspecified atom stereocenters. The van der Waals surface area contributed by atoms with Crippen molar-refractivity contribution >= 4 is 35.0 Å². The number of esters is 1. The minimum absolute atomic E-state index is 0.315. The summed E-state index contributed by atoms with van der Waals surface area (Å²) < 4.78 is 6.58. The zero-order valence-corrected chi connectivity index (χ0v) is 13.8. The number of thioether (sulfide) groups is 1. The molecule has 0 radical (unpaired) electrons. The van der Waals surface area contributed by atoms with Crippen LogP contribution in [0.4, 0.5) is 4.79 Å². The van der Waals surface area contributed by atoms with E-state index in [2.05, 4.69) is 23.2 Å². The largest absolute Gasteiger partial charge is 0.468 e. The van der Waals surface area contributed by atoms with E-state index in [4.69, 9.17) is 0 Å². The molecule has 0 spiro atoms. The molecule has 22 heavy (non-hydrogen) atoms. The molecule has 0 saturated carbocycles. The van der Waals surface area contributed by atoms with Gasteiger partial charge in [-0.3, -0.25) is 19.3 Å². The van der Waals surface area contributed by atoms with E-state index in [0.29, 0.717) is 10.9 Å². The maximum atomic E-state index is 12.2. The summed E-state index contributed by atoms with van der Waals surface area (Å²) in [5.74, 6) is -1.08. The Labute approximate surface area is 133 Å². The third kappa shape index (κ3) is 3.24. The van der Waals surface area contributed by atoms with Crippen LogP contribution in [0.3, 0.4) is 0 Å². The zero-order chi connectivity index (χ0) is 16.4. The summed E-state index contributed by atoms with van der Waals surface area (Å²) in [6.45, 7) is 5.77. The van der Waals surface area contributed by atoms with Crippen LogP contribution in [0.5, 0.6) is 0 Å². The smallest absolute Gasteiger partial charge is 0.325 e. The van der Waals surface area contributed by atoms with Gasteiger partial charge in [-0.15, -0.1) is 0 Å². The fourth-order valence-electron chi connectivity index (χ4n) is 2.23. The number of imide groups is 1. The summed E-state index contributed by atoms with van der Waals surface area (Å²) >= 11 is 0.834. The van der Waals surface area contributed by atoms with Gasteiger partial charge in [0.2, 0.25) is 0 Å². The van der Waals surface area contributed by atoms with Crippen LogP contribution in [0, 0.1) is 6.92 Å². The van der Waals surface area contributed by atoms with Crippen molar-refractivity contribution in [3.05, 3.63) is 28.4 Å². The first-order valence-corrected chi connectivity index (χ1v) is 7.65. The molecule has 118 valence electrons. The Morgan fingerprint density at radius 3 is 2.64 bits per heavy atom. The second kappa shape index (κ2) is 6.39. The van der Waals surface area contributed by atoms with Crippen LogP contribution in [0.2, 0.25) is 0 Å². The van der Waals surface area contributed by atoms with Crippen molar-refractivity contribution in [2.45, 2.75) is 26.8 Å². The van der Waals surface area contributed by atoms with Crippen molar-refractivity contribution in [1.82, 2.24) is 9.47 Å². The van der Waals surface area contributed by atoms with Crippen molar-refractivity contribution in [1.29, 1.82) is 0 Å². The molecule has 1 aliphatic heterocycles. The van der Waals surface area contributed by atoms with E-state index in [9.17, 15) is 14.4 Å². The molecule has 1 aromatic heterocycles. The van der Waals surface area contributed by atoms with Gasteiger partial charge in [0.05, 0.1) is 12.0 Å². The Hall–Kier alpha value is -2.02. The van der Waals surface area contributed by atoms with Crippen LogP contribution in [-0.2, 0) is 14.3 Å². The molecule has 6 nitrogen and oxygen atoms in total. The Morgan fingerprint density at radius 2 is 2.09 bits per heavy atom. The average Bonchev–Trinajstić information content (AvgIpc) is 2.94. The molecule has 1 aromatic rings. The highest BCUT2D eigenvalue weighted by Crippen LogP contribution is 2.32. The number of amides is 2. The predicted molar refractivity (Wildman–Crippen MR) is 84.2 cm³/mol. The summed E-state index contributed by atoms with van der Waals surface area (Å²) in [6, 6.07) is 2.27. The van der Waals surface area contributed by atoms with Crippen molar-refractivity contribution in [3.8, 4) is 0 Å². The lowest BCUT2D eigenvalue weighted by atomic mass is 10.3. The van der Waals surface area contributed by atoms with Crippen molar-refractivity contribution < 1.29 is 19.1 Å². The first kappa shape index (κ1) is 16.4. The van der Waals surface area contributed by atoms with Gasteiger partial charge in [0, 0.05) is 17.9 Å². The molecule has 0 bridgehead atoms. The van der Waals surface area contributed by atoms with Crippen LogP contribution >= 0.6 is 11.8 Å². The molecule has 2 amide bonds. The van der Waals surface area contributed by atoms with Gasteiger partial charge < -0.3 is 9.30 Å². The lowest BCUT2D eigenvalue weighted by molar-refractivity contribution is -0.143. The van der Waals surface area contributed by atoms with Gasteiger partial charge in [-0.2, -0.15) is 0 Å². The number of carbonyl (C=O) groups is 3. The Morgan fingerprint density at radius 1 is 1.41 bits per heavy atom. The fraction of sp³-hybridized carbons (Fsp3) is 0.400. The summed E-state index contributed by atoms with van der Waals surface area (Å²) in [4.78, 5) is 36.5. The van der Waals surface area contributed by atoms with E-state index in [-0.39, 0.29) is 6.54 Å². The Balaban J connectivity index is 2.23. The van der Waals surface area contributed by atoms with Crippen LogP contribution in [0.25, 0.3) is 6.08 Å². The number of carbonyl (C=O) groups excluding carboxylic acids is 3. The maximum absolute atomic E-state index is 12.2. The van der Waals surface area contributed by atoms with Crippen LogP contribution in [-0.4, -0.2) is 40.2 Å². The molecule has 2 heterocycles. The highest BCUT2D eigenvalue weighted by atomic mass is 32.2. The molecular formula is C15H18N2O4S. The number of aryl methyl sites for hydroxylation is 1. The van der Waals surface area contributed by atoms with Gasteiger partial charge in [-0.25, -0.2) is 0 Å². The second-order valence-electron chi connectivity index (χ2n) is 5.26. The average molecular weight is 322 g/mol. The van der Waals surface area contributed by atoms with Gasteiger partial charge in [0.25, 0.3) is 11.1 Å². The van der Waals surface area contributed by atoms with E-state index in [1.807, 2.05) is 19.2 Å². The molecule has 0 N–H and O–H groups in total. The summed E-state index contributed by atoms with van der Waals surface area (Å²) in [5.41, 5.74) is 1.94. The number of nitrogens with zero attached hydrogens (tertiary/aromatic N) is 2. The van der Waals surface area contributed by atoms with Crippen molar-refractivity contribution in [2.24, 2.45) is 0 Å². The summed E-state index contributed by atoms with van der Waals surface area (Å²) in [7, 11) is 1.22. The number of ether oxygens (including phenoxy) is 1. The minimum atomic E-state index is -0.620. The Bertz CT molecular complexity index is 660. The quantitative estimate of drug-likeness (QED) is 0.629. The zero-order valence-electron chi connectivity index (χ0n) is 13.0. The van der Waals surface area contributed by atoms with Gasteiger partial charge >= 0.3 is 5.97 Å². The summed E-state index contributed by atoms with van der Waals surface area (Å²) in [5, 5.41) is -0.457. The monoisotopic (exact) mass is 322 g/mol. The molecule has 7 heteroatoms. The van der Waals surface area contributed by atoms with E-state index in [1.54, 1.807) is 6.08 Å². The van der Waals surface area contributed by atoms with Gasteiger partial charge in [-0.05, 0) is 50.2 Å². The number of hydrogen-bond donors (Lipinski definition) is 0. The maximum Gasteiger partial charge on any atom is 0.325 e. The molecular weight excluding hydrogens is 304 g/mol. The van der Waals surface area contributed by atoms with Gasteiger partial charge in [-0.1, -0.05) is 0 Å². The van der Waals surface area contributed by atoms with E-state index >= 15 is 0 Å². The SMILES string of the molecule is COC(=O)CN1C(=O)S/C(=C\c2cc(C)n(C(C)C)c2)C1=O. The number of rotatable bonds is 4. The predicted octanol–water partition coefficient (Wildman–Crippen LogP) is 2.59. The minimum Gasteiger partial charge on any atom is -0.468 e. The van der Waals surface area contributed by atoms with Crippen LogP contribution < -0.4 is 0 Å². The number of hydrogen-bond acceptors (Lipinski definition) is 5. The third-order valence-corrected chi connectivity index (χ3v) is 4.22. The second-order valence-corrected chi connectivity index (χ2v) is 6.25. The molecule has 0 aliphatic carbocycles. The number of aromatic nitrogens is 1. The Kier molecular flexibility index (Phi) is 4.75. The van der Waals surface area contributed by atoms with Gasteiger partial charge in [0.15, 0.2) is 0 Å². The highest BCUT2D eigenvalue weighted by molar-refractivity contribution is 8.18. The first-order chi connectivity index (χ1) is 10.3. The molecule has 1 saturated heterocycles. The lowest BCUT2D eigenvalue weighted by Gasteiger charge is -2.09. The fourth-order valence-corrected chi connectivity index (χ4v) is 3.07. The highest BCUT2D eigenvalue weighted by Gasteiger charge is 2.36. The van der Waals surface area contributed by atoms with E-state index < -0.39 is 17.1 Å². The summed E-state index contributed by atoms with van der Waals surface area (Å²) in [6.07, 6.45) is 3.61. The number of methoxy groups -OCH3 is 1. The molecule has 2 rings (SSSR count). The topological polar surface area (TPSA) is 68.6 Å². The molecule has 0 atom stereocenters. The third-order valence-electron chi connectivity index (χ3n) is 3.31. The van der Waals surface area contributed by atoms with Crippen LogP contribution in [0.1, 0.15) is 31.1 Å². The van der Waals surface area contributed by atoms with E-state index in [0.717, 1.165) is 27.9 Å². The van der Waals surface area contributed by atoms with Gasteiger partial charge in [0.1, 0.15) is 6.54 Å². The first-order valence-electron chi connectivity index (χ1n) is 6.84. The normalized spacial score (nSPS) is 17.0. The molecule has 0 aromatic carbocycles. The van der Waals surface area contributed by atoms with Crippen molar-refractivity contribution in [3.63, 3.8) is 0 Å². The molecule has 1 aliphatic rings. The standard InChI is InChI=1S/C15H18N2O4S/c1-9(2)16-7-11(5-10(16)3)6-12-14(19)17(15(20)22-12)8-13(18)21-4/h5-7,9H,8H2,1-4H3/b12-6-. The lowest BCUT2D eigenvalue weighted by Crippen LogP contribution is -2.34.